The lowest BCUT2D eigenvalue weighted by Crippen LogP contribution is -2.40. The van der Waals surface area contributed by atoms with Gasteiger partial charge < -0.3 is 14.8 Å². The number of halogens is 1. The van der Waals surface area contributed by atoms with Gasteiger partial charge in [0.1, 0.15) is 12.4 Å². The third-order valence-corrected chi connectivity index (χ3v) is 4.01. The molecular weight excluding hydrogens is 322 g/mol. The van der Waals surface area contributed by atoms with Gasteiger partial charge in [-0.15, -0.1) is 0 Å². The van der Waals surface area contributed by atoms with Gasteiger partial charge in [-0.25, -0.2) is 0 Å². The summed E-state index contributed by atoms with van der Waals surface area (Å²) in [5.41, 5.74) is 0.718. The van der Waals surface area contributed by atoms with E-state index in [1.165, 1.54) is 0 Å². The minimum Gasteiger partial charge on any atom is -0.490 e. The molecule has 1 fully saturated rings. The molecule has 0 spiro atoms. The predicted molar refractivity (Wildman–Crippen MR) is 81.5 cm³/mol. The first-order valence-corrected chi connectivity index (χ1v) is 7.70. The van der Waals surface area contributed by atoms with Crippen molar-refractivity contribution in [1.29, 1.82) is 0 Å². The summed E-state index contributed by atoms with van der Waals surface area (Å²) in [4.78, 5) is 12.4. The fourth-order valence-corrected chi connectivity index (χ4v) is 2.78. The molecule has 1 aromatic carbocycles. The van der Waals surface area contributed by atoms with E-state index in [4.69, 9.17) is 9.47 Å². The third kappa shape index (κ3) is 4.04. The number of carbonyl (C=O) groups excluding carboxylic acids is 1. The number of hydrogen-bond donors (Lipinski definition) is 1. The van der Waals surface area contributed by atoms with Gasteiger partial charge in [0.15, 0.2) is 5.78 Å². The molecule has 0 aliphatic carbocycles. The van der Waals surface area contributed by atoms with Crippen LogP contribution in [0.25, 0.3) is 0 Å². The van der Waals surface area contributed by atoms with Crippen LogP contribution in [0.1, 0.15) is 29.6 Å². The highest BCUT2D eigenvalue weighted by Gasteiger charge is 2.22. The summed E-state index contributed by atoms with van der Waals surface area (Å²) >= 11 is 3.45. The van der Waals surface area contributed by atoms with E-state index in [1.54, 1.807) is 7.11 Å². The molecule has 1 heterocycles. The Morgan fingerprint density at radius 3 is 2.90 bits per heavy atom. The Kier molecular flexibility index (Phi) is 6.01. The summed E-state index contributed by atoms with van der Waals surface area (Å²) in [6, 6.07) is 5.44. The van der Waals surface area contributed by atoms with Crippen molar-refractivity contribution in [2.45, 2.75) is 25.3 Å². The largest absolute Gasteiger partial charge is 0.490 e. The van der Waals surface area contributed by atoms with E-state index in [0.717, 1.165) is 41.6 Å². The molecule has 1 unspecified atom stereocenters. The summed E-state index contributed by atoms with van der Waals surface area (Å²) in [6.07, 6.45) is 3.19. The number of methoxy groups -OCH3 is 1. The topological polar surface area (TPSA) is 47.6 Å². The lowest BCUT2D eigenvalue weighted by atomic mass is 9.96. The molecule has 1 saturated heterocycles. The summed E-state index contributed by atoms with van der Waals surface area (Å²) in [5, 5.41) is 3.28. The predicted octanol–water partition coefficient (Wildman–Crippen LogP) is 2.80. The highest BCUT2D eigenvalue weighted by atomic mass is 79.9. The number of Topliss-reactive ketones (excluding diaryl/α,β-unsaturated/α-hetero) is 1. The molecule has 110 valence electrons. The Labute approximate surface area is 128 Å². The second-order valence-electron chi connectivity index (χ2n) is 4.85. The zero-order valence-corrected chi connectivity index (χ0v) is 13.2. The van der Waals surface area contributed by atoms with Crippen LogP contribution >= 0.6 is 15.9 Å². The number of ether oxygens (including phenoxy) is 2. The number of rotatable bonds is 6. The molecule has 0 radical (unpaired) electrons. The number of piperidine rings is 1. The normalized spacial score (nSPS) is 18.8. The number of carbonyl (C=O) groups is 1. The van der Waals surface area contributed by atoms with Crippen LogP contribution in [-0.2, 0) is 4.74 Å². The molecule has 5 heteroatoms. The highest BCUT2D eigenvalue weighted by Crippen LogP contribution is 2.27. The average Bonchev–Trinajstić information content (AvgIpc) is 2.49. The summed E-state index contributed by atoms with van der Waals surface area (Å²) in [5.74, 6) is 0.893. The van der Waals surface area contributed by atoms with Crippen molar-refractivity contribution < 1.29 is 14.3 Å². The van der Waals surface area contributed by atoms with Gasteiger partial charge in [0.25, 0.3) is 0 Å². The van der Waals surface area contributed by atoms with E-state index < -0.39 is 0 Å². The second kappa shape index (κ2) is 7.76. The van der Waals surface area contributed by atoms with Gasteiger partial charge in [0.05, 0.1) is 17.1 Å². The third-order valence-electron chi connectivity index (χ3n) is 3.39. The van der Waals surface area contributed by atoms with E-state index in [-0.39, 0.29) is 11.8 Å². The SMILES string of the molecule is COCCOc1ccc(C(=O)C2CCCCN2)cc1Br. The monoisotopic (exact) mass is 341 g/mol. The molecule has 1 aromatic rings. The van der Waals surface area contributed by atoms with E-state index in [9.17, 15) is 4.79 Å². The van der Waals surface area contributed by atoms with Crippen LogP contribution in [0.2, 0.25) is 0 Å². The van der Waals surface area contributed by atoms with Crippen LogP contribution in [0.15, 0.2) is 22.7 Å². The maximum absolute atomic E-state index is 12.4. The van der Waals surface area contributed by atoms with Gasteiger partial charge in [0.2, 0.25) is 0 Å². The van der Waals surface area contributed by atoms with Crippen LogP contribution < -0.4 is 10.1 Å². The Bertz CT molecular complexity index is 458. The lowest BCUT2D eigenvalue weighted by molar-refractivity contribution is 0.0927. The molecule has 0 saturated carbocycles. The average molecular weight is 342 g/mol. The van der Waals surface area contributed by atoms with Crippen LogP contribution in [0.3, 0.4) is 0 Å². The highest BCUT2D eigenvalue weighted by molar-refractivity contribution is 9.10. The minimum absolute atomic E-state index is 0.0455. The van der Waals surface area contributed by atoms with E-state index in [1.807, 2.05) is 18.2 Å². The van der Waals surface area contributed by atoms with Crippen molar-refractivity contribution in [2.75, 3.05) is 26.9 Å². The van der Waals surface area contributed by atoms with Crippen molar-refractivity contribution in [3.8, 4) is 5.75 Å². The molecule has 0 aromatic heterocycles. The van der Waals surface area contributed by atoms with Crippen LogP contribution in [-0.4, -0.2) is 38.7 Å². The standard InChI is InChI=1S/C15H20BrNO3/c1-19-8-9-20-14-6-5-11(10-12(14)16)15(18)13-4-2-3-7-17-13/h5-6,10,13,17H,2-4,7-9H2,1H3. The van der Waals surface area contributed by atoms with Crippen molar-refractivity contribution >= 4 is 21.7 Å². The molecule has 0 bridgehead atoms. The summed E-state index contributed by atoms with van der Waals surface area (Å²) < 4.78 is 11.3. The van der Waals surface area contributed by atoms with E-state index in [0.29, 0.717) is 13.2 Å². The molecule has 1 N–H and O–H groups in total. The zero-order chi connectivity index (χ0) is 14.4. The summed E-state index contributed by atoms with van der Waals surface area (Å²) in [7, 11) is 1.64. The Hall–Kier alpha value is -0.910. The molecule has 2 rings (SSSR count). The second-order valence-corrected chi connectivity index (χ2v) is 5.71. The van der Waals surface area contributed by atoms with Gasteiger partial charge in [-0.1, -0.05) is 6.42 Å². The fourth-order valence-electron chi connectivity index (χ4n) is 2.28. The maximum Gasteiger partial charge on any atom is 0.179 e. The molecule has 1 atom stereocenters. The zero-order valence-electron chi connectivity index (χ0n) is 11.7. The minimum atomic E-state index is -0.0455. The Morgan fingerprint density at radius 1 is 1.40 bits per heavy atom. The molecular formula is C15H20BrNO3. The molecule has 1 aliphatic heterocycles. The summed E-state index contributed by atoms with van der Waals surface area (Å²) in [6.45, 7) is 1.96. The van der Waals surface area contributed by atoms with Crippen molar-refractivity contribution in [2.24, 2.45) is 0 Å². The van der Waals surface area contributed by atoms with E-state index in [2.05, 4.69) is 21.2 Å². The van der Waals surface area contributed by atoms with Gasteiger partial charge in [-0.2, -0.15) is 0 Å². The van der Waals surface area contributed by atoms with Crippen LogP contribution in [0.4, 0.5) is 0 Å². The maximum atomic E-state index is 12.4. The Morgan fingerprint density at radius 2 is 2.25 bits per heavy atom. The number of hydrogen-bond acceptors (Lipinski definition) is 4. The number of benzene rings is 1. The first-order chi connectivity index (χ1) is 9.72. The number of ketones is 1. The first kappa shape index (κ1) is 15.5. The van der Waals surface area contributed by atoms with Crippen molar-refractivity contribution in [1.82, 2.24) is 5.32 Å². The van der Waals surface area contributed by atoms with Crippen LogP contribution in [0, 0.1) is 0 Å². The smallest absolute Gasteiger partial charge is 0.179 e. The van der Waals surface area contributed by atoms with Crippen LogP contribution in [0.5, 0.6) is 5.75 Å². The number of nitrogens with one attached hydrogen (secondary N) is 1. The van der Waals surface area contributed by atoms with Crippen molar-refractivity contribution in [3.63, 3.8) is 0 Å². The Balaban J connectivity index is 2.02. The molecule has 20 heavy (non-hydrogen) atoms. The fraction of sp³-hybridized carbons (Fsp3) is 0.533. The van der Waals surface area contributed by atoms with Gasteiger partial charge >= 0.3 is 0 Å². The van der Waals surface area contributed by atoms with Gasteiger partial charge in [-0.3, -0.25) is 4.79 Å². The first-order valence-electron chi connectivity index (χ1n) is 6.91. The van der Waals surface area contributed by atoms with Crippen molar-refractivity contribution in [3.05, 3.63) is 28.2 Å². The molecule has 4 nitrogen and oxygen atoms in total. The van der Waals surface area contributed by atoms with Gasteiger partial charge in [0, 0.05) is 12.7 Å². The lowest BCUT2D eigenvalue weighted by Gasteiger charge is -2.22. The van der Waals surface area contributed by atoms with Gasteiger partial charge in [-0.05, 0) is 53.5 Å². The molecule has 0 amide bonds. The molecule has 1 aliphatic rings. The van der Waals surface area contributed by atoms with E-state index >= 15 is 0 Å². The quantitative estimate of drug-likeness (QED) is 0.638.